The topological polar surface area (TPSA) is 55.8 Å². The van der Waals surface area contributed by atoms with Gasteiger partial charge in [0.2, 0.25) is 5.91 Å². The number of esters is 1. The number of rotatable bonds is 7. The number of anilines is 1. The summed E-state index contributed by atoms with van der Waals surface area (Å²) >= 11 is 0. The summed E-state index contributed by atoms with van der Waals surface area (Å²) in [4.78, 5) is 27.9. The van der Waals surface area contributed by atoms with E-state index in [1.807, 2.05) is 83.1 Å². The van der Waals surface area contributed by atoms with E-state index in [9.17, 15) is 22.8 Å². The molecule has 1 saturated carbocycles. The molecule has 2 aliphatic rings. The Morgan fingerprint density at radius 3 is 2.49 bits per heavy atom. The lowest BCUT2D eigenvalue weighted by molar-refractivity contribution is -0.274. The van der Waals surface area contributed by atoms with Crippen molar-refractivity contribution in [2.75, 3.05) is 11.4 Å². The van der Waals surface area contributed by atoms with E-state index in [4.69, 9.17) is 4.74 Å². The highest BCUT2D eigenvalue weighted by Crippen LogP contribution is 2.52. The van der Waals surface area contributed by atoms with Gasteiger partial charge in [-0.1, -0.05) is 68.4 Å². The van der Waals surface area contributed by atoms with E-state index >= 15 is 0 Å². The van der Waals surface area contributed by atoms with Gasteiger partial charge in [-0.15, -0.1) is 13.2 Å². The summed E-state index contributed by atoms with van der Waals surface area (Å²) < 4.78 is 51.0. The Balaban J connectivity index is 1.32. The van der Waals surface area contributed by atoms with Crippen molar-refractivity contribution in [1.29, 1.82) is 0 Å². The molecule has 0 unspecified atom stereocenters. The molecule has 1 fully saturated rings. The van der Waals surface area contributed by atoms with Gasteiger partial charge < -0.3 is 14.4 Å². The zero-order valence-corrected chi connectivity index (χ0v) is 26.0. The number of alkyl halides is 3. The summed E-state index contributed by atoms with van der Waals surface area (Å²) in [6.07, 6.45) is -4.47. The molecule has 0 radical (unpaired) electrons. The average molecular weight is 616 g/mol. The second kappa shape index (κ2) is 11.2. The first kappa shape index (κ1) is 30.7. The van der Waals surface area contributed by atoms with Gasteiger partial charge in [-0.25, -0.2) is 0 Å². The Labute approximate surface area is 260 Å². The Hall–Kier alpha value is -4.33. The van der Waals surface area contributed by atoms with Crippen LogP contribution in [0.25, 0.3) is 21.9 Å². The second-order valence-corrected chi connectivity index (χ2v) is 12.8. The fourth-order valence-electron chi connectivity index (χ4n) is 6.76. The molecule has 8 heteroatoms. The Bertz CT molecular complexity index is 1810. The Morgan fingerprint density at radius 2 is 1.76 bits per heavy atom. The van der Waals surface area contributed by atoms with E-state index in [2.05, 4.69) is 4.74 Å². The van der Waals surface area contributed by atoms with Crippen LogP contribution in [0.2, 0.25) is 0 Å². The molecule has 1 aliphatic heterocycles. The zero-order valence-electron chi connectivity index (χ0n) is 26.0. The van der Waals surface area contributed by atoms with Gasteiger partial charge >= 0.3 is 12.3 Å². The molecule has 0 aromatic heterocycles. The van der Waals surface area contributed by atoms with Gasteiger partial charge in [0.25, 0.3) is 0 Å². The van der Waals surface area contributed by atoms with Crippen molar-refractivity contribution in [2.24, 2.45) is 5.92 Å². The molecule has 1 aliphatic carbocycles. The molecule has 234 valence electrons. The van der Waals surface area contributed by atoms with E-state index in [0.717, 1.165) is 33.0 Å². The van der Waals surface area contributed by atoms with Crippen LogP contribution in [0, 0.1) is 12.8 Å². The lowest BCUT2D eigenvalue weighted by Crippen LogP contribution is -2.41. The van der Waals surface area contributed by atoms with Crippen molar-refractivity contribution in [3.63, 3.8) is 0 Å². The number of nitrogens with zero attached hydrogens (tertiary/aromatic N) is 1. The molecule has 0 spiro atoms. The predicted molar refractivity (Wildman–Crippen MR) is 168 cm³/mol. The quantitative estimate of drug-likeness (QED) is 0.195. The van der Waals surface area contributed by atoms with Crippen LogP contribution in [0.5, 0.6) is 5.75 Å². The summed E-state index contributed by atoms with van der Waals surface area (Å²) in [5.74, 6) is -1.28. The predicted octanol–water partition coefficient (Wildman–Crippen LogP) is 9.16. The highest BCUT2D eigenvalue weighted by Gasteiger charge is 2.46. The fourth-order valence-corrected chi connectivity index (χ4v) is 6.76. The SMILES string of the molecule is CCN1C(=O)CC(C)(C)c2cc(C)c(-c3cc([C@@H]4C[C@H]4C(=O)O[C@H](C)c4cccc5ccccc45)ccc3OC(F)(F)F)cc21. The minimum Gasteiger partial charge on any atom is -0.458 e. The van der Waals surface area contributed by atoms with Crippen LogP contribution in [0.3, 0.4) is 0 Å². The molecule has 3 atom stereocenters. The lowest BCUT2D eigenvalue weighted by Gasteiger charge is -2.39. The first-order valence-corrected chi connectivity index (χ1v) is 15.3. The van der Waals surface area contributed by atoms with Crippen LogP contribution in [0.15, 0.2) is 72.8 Å². The molecule has 45 heavy (non-hydrogen) atoms. The number of hydrogen-bond acceptors (Lipinski definition) is 4. The van der Waals surface area contributed by atoms with Gasteiger partial charge in [-0.2, -0.15) is 0 Å². The van der Waals surface area contributed by atoms with Crippen molar-refractivity contribution >= 4 is 28.3 Å². The van der Waals surface area contributed by atoms with E-state index < -0.39 is 23.8 Å². The summed E-state index contributed by atoms with van der Waals surface area (Å²) in [6.45, 7) is 10.0. The van der Waals surface area contributed by atoms with Crippen molar-refractivity contribution < 1.29 is 32.2 Å². The number of ether oxygens (including phenoxy) is 2. The summed E-state index contributed by atoms with van der Waals surface area (Å²) in [6, 6.07) is 22.2. The molecular formula is C37H36F3NO4. The fraction of sp³-hybridized carbons (Fsp3) is 0.351. The molecule has 4 aromatic carbocycles. The molecule has 4 aromatic rings. The number of amides is 1. The largest absolute Gasteiger partial charge is 0.573 e. The van der Waals surface area contributed by atoms with Gasteiger partial charge in [-0.05, 0) is 89.9 Å². The maximum atomic E-state index is 13.5. The van der Waals surface area contributed by atoms with Gasteiger partial charge in [-0.3, -0.25) is 9.59 Å². The smallest absolute Gasteiger partial charge is 0.458 e. The van der Waals surface area contributed by atoms with E-state index in [1.54, 1.807) is 23.1 Å². The first-order valence-electron chi connectivity index (χ1n) is 15.3. The van der Waals surface area contributed by atoms with Crippen molar-refractivity contribution in [1.82, 2.24) is 0 Å². The minimum absolute atomic E-state index is 0.0256. The van der Waals surface area contributed by atoms with Crippen LogP contribution in [-0.2, 0) is 19.7 Å². The van der Waals surface area contributed by atoms with Crippen LogP contribution in [0.1, 0.15) is 74.8 Å². The maximum absolute atomic E-state index is 13.5. The monoisotopic (exact) mass is 615 g/mol. The van der Waals surface area contributed by atoms with Crippen LogP contribution in [0.4, 0.5) is 18.9 Å². The van der Waals surface area contributed by atoms with Gasteiger partial charge in [0, 0.05) is 29.6 Å². The van der Waals surface area contributed by atoms with E-state index in [1.165, 1.54) is 6.07 Å². The number of halogens is 3. The highest BCUT2D eigenvalue weighted by atomic mass is 19.4. The lowest BCUT2D eigenvalue weighted by atomic mass is 9.75. The maximum Gasteiger partial charge on any atom is 0.573 e. The normalized spacial score (nSPS) is 19.6. The van der Waals surface area contributed by atoms with Crippen molar-refractivity contribution in [2.45, 2.75) is 71.3 Å². The number of benzene rings is 4. The van der Waals surface area contributed by atoms with Crippen LogP contribution >= 0.6 is 0 Å². The molecule has 1 amide bonds. The van der Waals surface area contributed by atoms with Gasteiger partial charge in [0.15, 0.2) is 0 Å². The zero-order chi connectivity index (χ0) is 32.3. The summed E-state index contributed by atoms with van der Waals surface area (Å²) in [5.41, 5.74) is 4.48. The number of carbonyl (C=O) groups excluding carboxylic acids is 2. The second-order valence-electron chi connectivity index (χ2n) is 12.8. The Morgan fingerprint density at radius 1 is 1.02 bits per heavy atom. The van der Waals surface area contributed by atoms with Crippen LogP contribution < -0.4 is 9.64 Å². The third-order valence-corrected chi connectivity index (χ3v) is 9.17. The molecule has 0 N–H and O–H groups in total. The minimum atomic E-state index is -4.89. The van der Waals surface area contributed by atoms with Crippen molar-refractivity contribution in [3.8, 4) is 16.9 Å². The summed E-state index contributed by atoms with van der Waals surface area (Å²) in [7, 11) is 0. The third kappa shape index (κ3) is 5.90. The van der Waals surface area contributed by atoms with E-state index in [-0.39, 0.29) is 29.1 Å². The third-order valence-electron chi connectivity index (χ3n) is 9.17. The summed E-state index contributed by atoms with van der Waals surface area (Å²) in [5, 5.41) is 2.08. The number of carbonyl (C=O) groups is 2. The average Bonchev–Trinajstić information content (AvgIpc) is 3.78. The Kier molecular flexibility index (Phi) is 7.66. The highest BCUT2D eigenvalue weighted by molar-refractivity contribution is 5.99. The molecule has 6 rings (SSSR count). The molecule has 0 bridgehead atoms. The number of hydrogen-bond donors (Lipinski definition) is 0. The van der Waals surface area contributed by atoms with Crippen LogP contribution in [-0.4, -0.2) is 24.8 Å². The molecular weight excluding hydrogens is 579 g/mol. The van der Waals surface area contributed by atoms with Gasteiger partial charge in [0.1, 0.15) is 11.9 Å². The first-order chi connectivity index (χ1) is 21.3. The van der Waals surface area contributed by atoms with Crippen molar-refractivity contribution in [3.05, 3.63) is 95.1 Å². The number of aryl methyl sites for hydroxylation is 1. The molecule has 0 saturated heterocycles. The standard InChI is InChI=1S/C37H36F3NO4/c1-6-41-32-19-27(21(2)16-31(32)36(4,5)20-34(41)42)29-17-24(14-15-33(29)45-37(38,39)40)28-18-30(28)35(43)44-22(3)25-13-9-11-23-10-7-8-12-26(23)25/h7-17,19,22,28,30H,6,18,20H2,1-5H3/t22-,28+,30-/m1/s1. The number of fused-ring (bicyclic) bond motifs is 2. The van der Waals surface area contributed by atoms with Gasteiger partial charge in [0.05, 0.1) is 5.92 Å². The molecule has 5 nitrogen and oxygen atoms in total. The van der Waals surface area contributed by atoms with E-state index in [0.29, 0.717) is 30.6 Å². The molecule has 1 heterocycles.